The fourth-order valence-corrected chi connectivity index (χ4v) is 3.55. The first-order valence-corrected chi connectivity index (χ1v) is 8.05. The van der Waals surface area contributed by atoms with Crippen molar-refractivity contribution in [3.05, 3.63) is 47.0 Å². The summed E-state index contributed by atoms with van der Waals surface area (Å²) in [6, 6.07) is 6.59. The molecule has 5 nitrogen and oxygen atoms in total. The molecule has 1 fully saturated rings. The van der Waals surface area contributed by atoms with Gasteiger partial charge >= 0.3 is 0 Å². The number of nitrogens with zero attached hydrogens (tertiary/aromatic N) is 3. The number of carbonyl (C=O) groups excluding carboxylic acids is 1. The molecule has 0 saturated carbocycles. The van der Waals surface area contributed by atoms with E-state index < -0.39 is 0 Å². The molecular weight excluding hydrogens is 331 g/mol. The van der Waals surface area contributed by atoms with Crippen LogP contribution in [0.15, 0.2) is 24.3 Å². The highest BCUT2D eigenvalue weighted by molar-refractivity contribution is 5.94. The van der Waals surface area contributed by atoms with Crippen molar-refractivity contribution in [2.24, 2.45) is 5.73 Å². The molecule has 1 saturated heterocycles. The lowest BCUT2D eigenvalue weighted by Gasteiger charge is -2.14. The van der Waals surface area contributed by atoms with Gasteiger partial charge in [0.1, 0.15) is 11.5 Å². The third kappa shape index (κ3) is 2.70. The van der Waals surface area contributed by atoms with Crippen LogP contribution < -0.4 is 5.73 Å². The minimum absolute atomic E-state index is 0. The minimum atomic E-state index is -0.327. The quantitative estimate of drug-likeness (QED) is 0.902. The molecule has 0 radical (unpaired) electrons. The van der Waals surface area contributed by atoms with Crippen LogP contribution in [-0.4, -0.2) is 39.7 Å². The van der Waals surface area contributed by atoms with Crippen LogP contribution in [0.3, 0.4) is 0 Å². The molecule has 24 heavy (non-hydrogen) atoms. The second-order valence-electron chi connectivity index (χ2n) is 6.29. The number of para-hydroxylation sites is 1. The van der Waals surface area contributed by atoms with E-state index >= 15 is 0 Å². The summed E-state index contributed by atoms with van der Waals surface area (Å²) < 4.78 is 15.7. The van der Waals surface area contributed by atoms with Gasteiger partial charge < -0.3 is 10.6 Å². The van der Waals surface area contributed by atoms with Gasteiger partial charge in [0.05, 0.1) is 0 Å². The Morgan fingerprint density at radius 1 is 1.29 bits per heavy atom. The summed E-state index contributed by atoms with van der Waals surface area (Å²) in [7, 11) is 0. The van der Waals surface area contributed by atoms with Crippen molar-refractivity contribution >= 4 is 18.3 Å². The zero-order valence-electron chi connectivity index (χ0n) is 13.2. The molecule has 2 N–H and O–H groups in total. The molecular formula is C17H20ClFN4O. The first-order chi connectivity index (χ1) is 11.1. The van der Waals surface area contributed by atoms with Gasteiger partial charge in [-0.2, -0.15) is 5.10 Å². The third-order valence-electron chi connectivity index (χ3n) is 4.73. The number of benzene rings is 1. The van der Waals surface area contributed by atoms with Crippen molar-refractivity contribution in [2.75, 3.05) is 13.1 Å². The SMILES string of the molecule is Cl.N[C@@H]1CCN(C(=O)c2nn(-c3ccccc3F)c3c2CCC3)C1. The van der Waals surface area contributed by atoms with Gasteiger partial charge in [-0.15, -0.1) is 12.4 Å². The molecule has 2 aliphatic rings. The van der Waals surface area contributed by atoms with Crippen LogP contribution in [0.2, 0.25) is 0 Å². The number of hydrogen-bond acceptors (Lipinski definition) is 3. The fourth-order valence-electron chi connectivity index (χ4n) is 3.55. The molecule has 1 atom stereocenters. The lowest BCUT2D eigenvalue weighted by Crippen LogP contribution is -2.32. The second kappa shape index (κ2) is 6.53. The van der Waals surface area contributed by atoms with Crippen molar-refractivity contribution in [3.63, 3.8) is 0 Å². The molecule has 128 valence electrons. The van der Waals surface area contributed by atoms with Gasteiger partial charge in [-0.25, -0.2) is 9.07 Å². The van der Waals surface area contributed by atoms with Gasteiger partial charge in [0, 0.05) is 30.4 Å². The monoisotopic (exact) mass is 350 g/mol. The van der Waals surface area contributed by atoms with Crippen LogP contribution in [-0.2, 0) is 12.8 Å². The molecule has 2 aromatic rings. The zero-order valence-corrected chi connectivity index (χ0v) is 14.1. The van der Waals surface area contributed by atoms with E-state index in [9.17, 15) is 9.18 Å². The summed E-state index contributed by atoms with van der Waals surface area (Å²) in [5.74, 6) is -0.405. The Kier molecular flexibility index (Phi) is 4.60. The maximum Gasteiger partial charge on any atom is 0.274 e. The number of likely N-dealkylation sites (tertiary alicyclic amines) is 1. The van der Waals surface area contributed by atoms with Gasteiger partial charge in [-0.1, -0.05) is 12.1 Å². The van der Waals surface area contributed by atoms with Gasteiger partial charge in [-0.3, -0.25) is 4.79 Å². The fraction of sp³-hybridized carbons (Fsp3) is 0.412. The number of aromatic nitrogens is 2. The predicted molar refractivity (Wildman–Crippen MR) is 91.3 cm³/mol. The number of fused-ring (bicyclic) bond motifs is 1. The molecule has 1 aliphatic carbocycles. The van der Waals surface area contributed by atoms with Gasteiger partial charge in [-0.05, 0) is 37.8 Å². The lowest BCUT2D eigenvalue weighted by molar-refractivity contribution is 0.0783. The zero-order chi connectivity index (χ0) is 16.0. The van der Waals surface area contributed by atoms with Gasteiger partial charge in [0.15, 0.2) is 5.69 Å². The summed E-state index contributed by atoms with van der Waals surface area (Å²) in [6.45, 7) is 1.24. The highest BCUT2D eigenvalue weighted by atomic mass is 35.5. The first-order valence-electron chi connectivity index (χ1n) is 8.05. The van der Waals surface area contributed by atoms with E-state index in [1.54, 1.807) is 27.8 Å². The first kappa shape index (κ1) is 16.9. The molecule has 1 aromatic carbocycles. The summed E-state index contributed by atoms with van der Waals surface area (Å²) in [4.78, 5) is 14.5. The van der Waals surface area contributed by atoms with Crippen LogP contribution in [0.25, 0.3) is 5.69 Å². The number of amides is 1. The normalized spacial score (nSPS) is 19.2. The molecule has 7 heteroatoms. The van der Waals surface area contributed by atoms with E-state index in [0.717, 1.165) is 36.9 Å². The van der Waals surface area contributed by atoms with Crippen molar-refractivity contribution < 1.29 is 9.18 Å². The number of rotatable bonds is 2. The van der Waals surface area contributed by atoms with Crippen molar-refractivity contribution in [1.82, 2.24) is 14.7 Å². The number of carbonyl (C=O) groups is 1. The molecule has 0 unspecified atom stereocenters. The van der Waals surface area contributed by atoms with Gasteiger partial charge in [0.2, 0.25) is 0 Å². The molecule has 1 amide bonds. The molecule has 2 heterocycles. The van der Waals surface area contributed by atoms with Crippen LogP contribution in [0, 0.1) is 5.82 Å². The summed E-state index contributed by atoms with van der Waals surface area (Å²) in [5, 5.41) is 4.48. The van der Waals surface area contributed by atoms with E-state index in [4.69, 9.17) is 5.73 Å². The van der Waals surface area contributed by atoms with Crippen LogP contribution in [0.5, 0.6) is 0 Å². The Morgan fingerprint density at radius 2 is 2.08 bits per heavy atom. The van der Waals surface area contributed by atoms with Gasteiger partial charge in [0.25, 0.3) is 5.91 Å². The Morgan fingerprint density at radius 3 is 2.79 bits per heavy atom. The molecule has 1 aromatic heterocycles. The Balaban J connectivity index is 0.00000169. The van der Waals surface area contributed by atoms with Crippen LogP contribution in [0.1, 0.15) is 34.6 Å². The summed E-state index contributed by atoms with van der Waals surface area (Å²) in [6.07, 6.45) is 3.44. The molecule has 0 bridgehead atoms. The highest BCUT2D eigenvalue weighted by Gasteiger charge is 2.32. The molecule has 1 aliphatic heterocycles. The molecule has 0 spiro atoms. The Labute approximate surface area is 146 Å². The third-order valence-corrected chi connectivity index (χ3v) is 4.73. The minimum Gasteiger partial charge on any atom is -0.336 e. The summed E-state index contributed by atoms with van der Waals surface area (Å²) >= 11 is 0. The smallest absolute Gasteiger partial charge is 0.274 e. The van der Waals surface area contributed by atoms with Crippen molar-refractivity contribution in [3.8, 4) is 5.69 Å². The number of halogens is 2. The average Bonchev–Trinajstić information content (AvgIpc) is 3.23. The number of nitrogens with two attached hydrogens (primary N) is 1. The van der Waals surface area contributed by atoms with E-state index in [1.165, 1.54) is 6.07 Å². The maximum absolute atomic E-state index is 14.1. The highest BCUT2D eigenvalue weighted by Crippen LogP contribution is 2.29. The maximum atomic E-state index is 14.1. The Bertz CT molecular complexity index is 776. The second-order valence-corrected chi connectivity index (χ2v) is 6.29. The van der Waals surface area contributed by atoms with Crippen LogP contribution >= 0.6 is 12.4 Å². The van der Waals surface area contributed by atoms with Crippen molar-refractivity contribution in [2.45, 2.75) is 31.7 Å². The predicted octanol–water partition coefficient (Wildman–Crippen LogP) is 2.10. The summed E-state index contributed by atoms with van der Waals surface area (Å²) in [5.41, 5.74) is 8.70. The Hall–Kier alpha value is -1.92. The largest absolute Gasteiger partial charge is 0.336 e. The molecule has 4 rings (SSSR count). The van der Waals surface area contributed by atoms with Crippen LogP contribution in [0.4, 0.5) is 4.39 Å². The standard InChI is InChI=1S/C17H19FN4O.ClH/c18-13-5-1-2-6-15(13)22-14-7-3-4-12(14)16(20-22)17(23)21-9-8-11(19)10-21;/h1-2,5-6,11H,3-4,7-10,19H2;1H/t11-;/m1./s1. The topological polar surface area (TPSA) is 64.2 Å². The van der Waals surface area contributed by atoms with E-state index in [2.05, 4.69) is 5.10 Å². The lowest BCUT2D eigenvalue weighted by atomic mass is 10.2. The van der Waals surface area contributed by atoms with E-state index in [1.807, 2.05) is 0 Å². The van der Waals surface area contributed by atoms with E-state index in [-0.39, 0.29) is 30.2 Å². The average molecular weight is 351 g/mol. The number of hydrogen-bond donors (Lipinski definition) is 1. The van der Waals surface area contributed by atoms with E-state index in [0.29, 0.717) is 24.5 Å². The van der Waals surface area contributed by atoms with Crippen molar-refractivity contribution in [1.29, 1.82) is 0 Å².